The lowest BCUT2D eigenvalue weighted by Crippen LogP contribution is -2.42. The minimum Gasteiger partial charge on any atom is -0.480 e. The van der Waals surface area contributed by atoms with Gasteiger partial charge in [0.1, 0.15) is 6.04 Å². The minimum absolute atomic E-state index is 0.134. The molecule has 22 heavy (non-hydrogen) atoms. The zero-order valence-electron chi connectivity index (χ0n) is 12.7. The molecule has 1 amide bonds. The number of hydrogen-bond acceptors (Lipinski definition) is 4. The minimum atomic E-state index is -0.849. The molecule has 1 aromatic carbocycles. The van der Waals surface area contributed by atoms with Crippen molar-refractivity contribution < 1.29 is 19.4 Å². The van der Waals surface area contributed by atoms with Gasteiger partial charge in [-0.2, -0.15) is 0 Å². The van der Waals surface area contributed by atoms with E-state index < -0.39 is 12.0 Å². The second-order valence-electron chi connectivity index (χ2n) is 5.50. The fourth-order valence-electron chi connectivity index (χ4n) is 2.73. The van der Waals surface area contributed by atoms with E-state index in [2.05, 4.69) is 5.32 Å². The zero-order chi connectivity index (χ0) is 15.9. The van der Waals surface area contributed by atoms with Crippen molar-refractivity contribution in [3.63, 3.8) is 0 Å². The maximum atomic E-state index is 12.0. The molecule has 0 bridgehead atoms. The lowest BCUT2D eigenvalue weighted by molar-refractivity contribution is -0.142. The molecule has 120 valence electrons. The van der Waals surface area contributed by atoms with Crippen LogP contribution in [0.4, 0.5) is 0 Å². The van der Waals surface area contributed by atoms with Gasteiger partial charge in [0.25, 0.3) is 0 Å². The molecule has 2 N–H and O–H groups in total. The highest BCUT2D eigenvalue weighted by Crippen LogP contribution is 2.16. The van der Waals surface area contributed by atoms with Gasteiger partial charge < -0.3 is 15.2 Å². The van der Waals surface area contributed by atoms with Crippen LogP contribution in [0.5, 0.6) is 0 Å². The van der Waals surface area contributed by atoms with E-state index in [-0.39, 0.29) is 12.5 Å². The number of amides is 1. The van der Waals surface area contributed by atoms with E-state index in [1.54, 1.807) is 12.0 Å². The fraction of sp³-hybridized carbons (Fsp3) is 0.500. The highest BCUT2D eigenvalue weighted by molar-refractivity contribution is 5.80. The second kappa shape index (κ2) is 7.91. The number of aliphatic carboxylic acids is 1. The number of nitrogens with one attached hydrogen (secondary N) is 1. The molecular weight excluding hydrogens is 284 g/mol. The van der Waals surface area contributed by atoms with Crippen molar-refractivity contribution >= 4 is 11.9 Å². The van der Waals surface area contributed by atoms with E-state index in [0.717, 1.165) is 17.5 Å². The molecule has 0 radical (unpaired) electrons. The molecule has 6 heteroatoms. The first-order valence-corrected chi connectivity index (χ1v) is 7.40. The van der Waals surface area contributed by atoms with Crippen LogP contribution in [-0.4, -0.2) is 48.1 Å². The van der Waals surface area contributed by atoms with Crippen molar-refractivity contribution in [2.75, 3.05) is 20.2 Å². The monoisotopic (exact) mass is 306 g/mol. The number of methoxy groups -OCH3 is 1. The molecule has 0 saturated carbocycles. The van der Waals surface area contributed by atoms with Crippen LogP contribution in [0.25, 0.3) is 0 Å². The van der Waals surface area contributed by atoms with Crippen LogP contribution in [0, 0.1) is 0 Å². The zero-order valence-corrected chi connectivity index (χ0v) is 12.7. The third-order valence-corrected chi connectivity index (χ3v) is 3.79. The maximum absolute atomic E-state index is 12.0. The van der Waals surface area contributed by atoms with Gasteiger partial charge in [0.05, 0.1) is 13.2 Å². The van der Waals surface area contributed by atoms with E-state index >= 15 is 0 Å². The summed E-state index contributed by atoms with van der Waals surface area (Å²) in [4.78, 5) is 24.8. The molecule has 0 aromatic heterocycles. The molecule has 1 heterocycles. The Morgan fingerprint density at radius 3 is 2.91 bits per heavy atom. The standard InChI is InChI=1S/C16H22N2O4/c1-22-11-13-5-2-4-12(8-13)9-17-15(19)10-18-7-3-6-14(18)16(20)21/h2,4-5,8,14H,3,6-7,9-11H2,1H3,(H,17,19)(H,20,21)/t14-/m0/s1. The lowest BCUT2D eigenvalue weighted by atomic mass is 10.1. The van der Waals surface area contributed by atoms with Gasteiger partial charge in [0, 0.05) is 13.7 Å². The number of carboxylic acid groups (broad SMARTS) is 1. The summed E-state index contributed by atoms with van der Waals surface area (Å²) in [5.74, 6) is -0.997. The summed E-state index contributed by atoms with van der Waals surface area (Å²) in [6.45, 7) is 1.76. The van der Waals surface area contributed by atoms with Gasteiger partial charge in [-0.15, -0.1) is 0 Å². The molecule has 1 aliphatic rings. The average Bonchev–Trinajstić information content (AvgIpc) is 2.94. The number of rotatable bonds is 7. The first kappa shape index (κ1) is 16.5. The normalized spacial score (nSPS) is 18.3. The second-order valence-corrected chi connectivity index (χ2v) is 5.50. The Morgan fingerprint density at radius 2 is 2.18 bits per heavy atom. The predicted octanol–water partition coefficient (Wildman–Crippen LogP) is 0.998. The van der Waals surface area contributed by atoms with Crippen LogP contribution in [0.3, 0.4) is 0 Å². The van der Waals surface area contributed by atoms with Crippen LogP contribution in [0.15, 0.2) is 24.3 Å². The van der Waals surface area contributed by atoms with Gasteiger partial charge in [-0.1, -0.05) is 24.3 Å². The van der Waals surface area contributed by atoms with Gasteiger partial charge in [-0.25, -0.2) is 0 Å². The fourth-order valence-corrected chi connectivity index (χ4v) is 2.73. The van der Waals surface area contributed by atoms with Crippen molar-refractivity contribution in [3.8, 4) is 0 Å². The van der Waals surface area contributed by atoms with Crippen LogP contribution >= 0.6 is 0 Å². The van der Waals surface area contributed by atoms with Crippen LogP contribution < -0.4 is 5.32 Å². The number of carbonyl (C=O) groups excluding carboxylic acids is 1. The number of nitrogens with zero attached hydrogens (tertiary/aromatic N) is 1. The Balaban J connectivity index is 1.82. The number of carbonyl (C=O) groups is 2. The quantitative estimate of drug-likeness (QED) is 0.785. The van der Waals surface area contributed by atoms with Gasteiger partial charge >= 0.3 is 5.97 Å². The van der Waals surface area contributed by atoms with Gasteiger partial charge in [0.15, 0.2) is 0 Å². The first-order valence-electron chi connectivity index (χ1n) is 7.40. The Hall–Kier alpha value is -1.92. The predicted molar refractivity (Wildman–Crippen MR) is 81.2 cm³/mol. The summed E-state index contributed by atoms with van der Waals surface area (Å²) in [6, 6.07) is 7.29. The highest BCUT2D eigenvalue weighted by Gasteiger charge is 2.31. The van der Waals surface area contributed by atoms with Crippen molar-refractivity contribution in [2.45, 2.75) is 32.0 Å². The molecule has 0 spiro atoms. The SMILES string of the molecule is COCc1cccc(CNC(=O)CN2CCC[C@H]2C(=O)O)c1. The topological polar surface area (TPSA) is 78.9 Å². The van der Waals surface area contributed by atoms with Gasteiger partial charge in [-0.05, 0) is 30.5 Å². The van der Waals surface area contributed by atoms with E-state index in [1.807, 2.05) is 24.3 Å². The largest absolute Gasteiger partial charge is 0.480 e. The third-order valence-electron chi connectivity index (χ3n) is 3.79. The molecule has 1 aromatic rings. The average molecular weight is 306 g/mol. The summed E-state index contributed by atoms with van der Waals surface area (Å²) in [6.07, 6.45) is 1.44. The molecule has 1 saturated heterocycles. The van der Waals surface area contributed by atoms with Crippen LogP contribution in [0.1, 0.15) is 24.0 Å². The molecule has 2 rings (SSSR count). The lowest BCUT2D eigenvalue weighted by Gasteiger charge is -2.20. The molecule has 0 unspecified atom stereocenters. The number of carboxylic acids is 1. The maximum Gasteiger partial charge on any atom is 0.320 e. The van der Waals surface area contributed by atoms with Crippen molar-refractivity contribution in [1.82, 2.24) is 10.2 Å². The van der Waals surface area contributed by atoms with E-state index in [1.165, 1.54) is 0 Å². The number of benzene rings is 1. The third kappa shape index (κ3) is 4.54. The van der Waals surface area contributed by atoms with E-state index in [9.17, 15) is 9.59 Å². The molecular formula is C16H22N2O4. The van der Waals surface area contributed by atoms with Gasteiger partial charge in [-0.3, -0.25) is 14.5 Å². The Morgan fingerprint density at radius 1 is 1.41 bits per heavy atom. The number of likely N-dealkylation sites (tertiary alicyclic amines) is 1. The molecule has 1 atom stereocenters. The van der Waals surface area contributed by atoms with Crippen LogP contribution in [0.2, 0.25) is 0 Å². The number of ether oxygens (including phenoxy) is 1. The number of hydrogen-bond donors (Lipinski definition) is 2. The summed E-state index contributed by atoms with van der Waals surface area (Å²) < 4.78 is 5.08. The van der Waals surface area contributed by atoms with Crippen molar-refractivity contribution in [1.29, 1.82) is 0 Å². The summed E-state index contributed by atoms with van der Waals surface area (Å²) >= 11 is 0. The van der Waals surface area contributed by atoms with Crippen molar-refractivity contribution in [2.24, 2.45) is 0 Å². The summed E-state index contributed by atoms with van der Waals surface area (Å²) in [7, 11) is 1.64. The van der Waals surface area contributed by atoms with E-state index in [4.69, 9.17) is 9.84 Å². The Bertz CT molecular complexity index is 533. The molecule has 6 nitrogen and oxygen atoms in total. The highest BCUT2D eigenvalue weighted by atomic mass is 16.5. The Labute approximate surface area is 130 Å². The van der Waals surface area contributed by atoms with Gasteiger partial charge in [0.2, 0.25) is 5.91 Å². The molecule has 1 fully saturated rings. The van der Waals surface area contributed by atoms with Crippen molar-refractivity contribution in [3.05, 3.63) is 35.4 Å². The molecule has 0 aliphatic carbocycles. The smallest absolute Gasteiger partial charge is 0.320 e. The first-order chi connectivity index (χ1) is 10.6. The van der Waals surface area contributed by atoms with E-state index in [0.29, 0.717) is 26.1 Å². The summed E-state index contributed by atoms with van der Waals surface area (Å²) in [5.41, 5.74) is 2.05. The van der Waals surface area contributed by atoms with Crippen LogP contribution in [-0.2, 0) is 27.5 Å². The summed E-state index contributed by atoms with van der Waals surface area (Å²) in [5, 5.41) is 11.9. The Kier molecular flexibility index (Phi) is 5.91. The molecule has 1 aliphatic heterocycles.